The molecule has 0 aromatic heterocycles. The van der Waals surface area contributed by atoms with Gasteiger partial charge in [0.25, 0.3) is 0 Å². The van der Waals surface area contributed by atoms with Crippen LogP contribution in [0, 0.1) is 0 Å². The predicted octanol–water partition coefficient (Wildman–Crippen LogP) is 1.62. The van der Waals surface area contributed by atoms with Gasteiger partial charge in [-0.2, -0.15) is 0 Å². The van der Waals surface area contributed by atoms with E-state index in [1.165, 1.54) is 0 Å². The number of hydrogen-bond donors (Lipinski definition) is 2. The Morgan fingerprint density at radius 3 is 2.17 bits per heavy atom. The third kappa shape index (κ3) is 2.81. The van der Waals surface area contributed by atoms with E-state index in [1.807, 2.05) is 24.3 Å². The van der Waals surface area contributed by atoms with Crippen molar-refractivity contribution in [3.8, 4) is 0 Å². The summed E-state index contributed by atoms with van der Waals surface area (Å²) in [7, 11) is 0. The fourth-order valence-electron chi connectivity index (χ4n) is 0.932. The number of hydrogen-bond acceptors (Lipinski definition) is 2. The molecular formula is C9H14ClNO. The molecule has 0 spiro atoms. The van der Waals surface area contributed by atoms with Gasteiger partial charge in [0.05, 0.1) is 6.10 Å². The number of aliphatic hydroxyl groups is 1. The summed E-state index contributed by atoms with van der Waals surface area (Å²) in [5.74, 6) is 0. The molecule has 0 radical (unpaired) electrons. The minimum atomic E-state index is -0.387. The average molecular weight is 188 g/mol. The molecule has 1 atom stereocenters. The Hall–Kier alpha value is -0.570. The third-order valence-electron chi connectivity index (χ3n) is 1.70. The second-order valence-electron chi connectivity index (χ2n) is 2.62. The molecule has 0 fully saturated rings. The fraction of sp³-hybridized carbons (Fsp3) is 0.333. The summed E-state index contributed by atoms with van der Waals surface area (Å²) in [5, 5.41) is 9.16. The first-order valence-electron chi connectivity index (χ1n) is 3.71. The zero-order valence-electron chi connectivity index (χ0n) is 7.03. The molecule has 1 rings (SSSR count). The van der Waals surface area contributed by atoms with Gasteiger partial charge >= 0.3 is 0 Å². The molecular weight excluding hydrogens is 174 g/mol. The Balaban J connectivity index is 0.00000121. The molecule has 0 heterocycles. The van der Waals surface area contributed by atoms with E-state index in [-0.39, 0.29) is 18.5 Å². The summed E-state index contributed by atoms with van der Waals surface area (Å²) in [4.78, 5) is 0. The highest BCUT2D eigenvalue weighted by Gasteiger charge is 1.98. The van der Waals surface area contributed by atoms with Crippen molar-refractivity contribution in [3.63, 3.8) is 0 Å². The van der Waals surface area contributed by atoms with Crippen LogP contribution in [-0.4, -0.2) is 5.11 Å². The number of rotatable bonds is 2. The number of aliphatic hydroxyl groups excluding tert-OH is 1. The molecule has 2 nitrogen and oxygen atoms in total. The molecule has 0 aliphatic carbocycles. The van der Waals surface area contributed by atoms with Crippen molar-refractivity contribution in [2.45, 2.75) is 19.6 Å². The van der Waals surface area contributed by atoms with Gasteiger partial charge in [0.2, 0.25) is 0 Å². The van der Waals surface area contributed by atoms with Gasteiger partial charge in [-0.3, -0.25) is 0 Å². The lowest BCUT2D eigenvalue weighted by Gasteiger charge is -2.04. The van der Waals surface area contributed by atoms with Crippen molar-refractivity contribution in [2.75, 3.05) is 0 Å². The Labute approximate surface area is 78.8 Å². The Morgan fingerprint density at radius 1 is 1.33 bits per heavy atom. The van der Waals surface area contributed by atoms with Crippen molar-refractivity contribution in [1.82, 2.24) is 0 Å². The molecule has 0 amide bonds. The molecule has 0 saturated heterocycles. The van der Waals surface area contributed by atoms with Gasteiger partial charge in [-0.25, -0.2) is 0 Å². The van der Waals surface area contributed by atoms with E-state index in [2.05, 4.69) is 0 Å². The molecule has 12 heavy (non-hydrogen) atoms. The third-order valence-corrected chi connectivity index (χ3v) is 1.70. The molecule has 0 bridgehead atoms. The van der Waals surface area contributed by atoms with E-state index in [0.29, 0.717) is 6.54 Å². The van der Waals surface area contributed by atoms with Crippen molar-refractivity contribution >= 4 is 12.4 Å². The zero-order chi connectivity index (χ0) is 8.27. The van der Waals surface area contributed by atoms with Gasteiger partial charge in [0.1, 0.15) is 0 Å². The van der Waals surface area contributed by atoms with Crippen LogP contribution >= 0.6 is 12.4 Å². The topological polar surface area (TPSA) is 46.2 Å². The van der Waals surface area contributed by atoms with E-state index < -0.39 is 0 Å². The van der Waals surface area contributed by atoms with Crippen LogP contribution in [0.4, 0.5) is 0 Å². The van der Waals surface area contributed by atoms with Crippen molar-refractivity contribution in [3.05, 3.63) is 35.4 Å². The maximum absolute atomic E-state index is 9.16. The Morgan fingerprint density at radius 2 is 1.83 bits per heavy atom. The highest BCUT2D eigenvalue weighted by Crippen LogP contribution is 2.11. The molecule has 0 aliphatic heterocycles. The molecule has 3 heteroatoms. The molecule has 68 valence electrons. The predicted molar refractivity (Wildman–Crippen MR) is 52.2 cm³/mol. The first-order chi connectivity index (χ1) is 5.24. The highest BCUT2D eigenvalue weighted by atomic mass is 35.5. The molecule has 0 aliphatic rings. The van der Waals surface area contributed by atoms with E-state index in [4.69, 9.17) is 10.8 Å². The van der Waals surface area contributed by atoms with Crippen LogP contribution < -0.4 is 5.73 Å². The smallest absolute Gasteiger partial charge is 0.0761 e. The van der Waals surface area contributed by atoms with Gasteiger partial charge in [0.15, 0.2) is 0 Å². The van der Waals surface area contributed by atoms with Crippen LogP contribution in [0.2, 0.25) is 0 Å². The first kappa shape index (κ1) is 11.4. The van der Waals surface area contributed by atoms with Crippen molar-refractivity contribution < 1.29 is 5.11 Å². The number of nitrogens with two attached hydrogens (primary N) is 1. The quantitative estimate of drug-likeness (QED) is 0.739. The Kier molecular flexibility index (Phi) is 4.90. The van der Waals surface area contributed by atoms with Gasteiger partial charge in [0, 0.05) is 6.54 Å². The molecule has 1 unspecified atom stereocenters. The molecule has 1 aromatic rings. The SMILES string of the molecule is CC(O)c1ccc(CN)cc1.Cl. The summed E-state index contributed by atoms with van der Waals surface area (Å²) in [5.41, 5.74) is 7.44. The largest absolute Gasteiger partial charge is 0.389 e. The van der Waals surface area contributed by atoms with Gasteiger partial charge in [-0.1, -0.05) is 24.3 Å². The van der Waals surface area contributed by atoms with E-state index in [1.54, 1.807) is 6.92 Å². The van der Waals surface area contributed by atoms with Crippen LogP contribution in [0.25, 0.3) is 0 Å². The van der Waals surface area contributed by atoms with Crippen LogP contribution in [0.1, 0.15) is 24.2 Å². The van der Waals surface area contributed by atoms with Gasteiger partial charge < -0.3 is 10.8 Å². The Bertz CT molecular complexity index is 220. The second-order valence-corrected chi connectivity index (χ2v) is 2.62. The molecule has 1 aromatic carbocycles. The summed E-state index contributed by atoms with van der Waals surface area (Å²) in [6, 6.07) is 7.66. The lowest BCUT2D eigenvalue weighted by Crippen LogP contribution is -1.97. The lowest BCUT2D eigenvalue weighted by molar-refractivity contribution is 0.199. The minimum absolute atomic E-state index is 0. The summed E-state index contributed by atoms with van der Waals surface area (Å²) >= 11 is 0. The maximum Gasteiger partial charge on any atom is 0.0761 e. The standard InChI is InChI=1S/C9H13NO.ClH/c1-7(11)9-4-2-8(6-10)3-5-9;/h2-5,7,11H,6,10H2,1H3;1H. The van der Waals surface area contributed by atoms with Gasteiger partial charge in [-0.05, 0) is 18.1 Å². The normalized spacial score (nSPS) is 11.9. The van der Waals surface area contributed by atoms with Crippen molar-refractivity contribution in [1.29, 1.82) is 0 Å². The molecule has 3 N–H and O–H groups in total. The van der Waals surface area contributed by atoms with E-state index >= 15 is 0 Å². The van der Waals surface area contributed by atoms with Crippen molar-refractivity contribution in [2.24, 2.45) is 5.73 Å². The molecule has 0 saturated carbocycles. The monoisotopic (exact) mass is 187 g/mol. The van der Waals surface area contributed by atoms with Crippen LogP contribution in [0.3, 0.4) is 0 Å². The number of benzene rings is 1. The van der Waals surface area contributed by atoms with Crippen LogP contribution in [0.5, 0.6) is 0 Å². The van der Waals surface area contributed by atoms with Crippen LogP contribution in [0.15, 0.2) is 24.3 Å². The summed E-state index contributed by atoms with van der Waals surface area (Å²) < 4.78 is 0. The lowest BCUT2D eigenvalue weighted by atomic mass is 10.1. The maximum atomic E-state index is 9.16. The van der Waals surface area contributed by atoms with E-state index in [0.717, 1.165) is 11.1 Å². The van der Waals surface area contributed by atoms with Crippen LogP contribution in [-0.2, 0) is 6.54 Å². The fourth-order valence-corrected chi connectivity index (χ4v) is 0.932. The summed E-state index contributed by atoms with van der Waals surface area (Å²) in [6.45, 7) is 2.30. The second kappa shape index (κ2) is 5.14. The average Bonchev–Trinajstić information content (AvgIpc) is 2.05. The minimum Gasteiger partial charge on any atom is -0.389 e. The van der Waals surface area contributed by atoms with E-state index in [9.17, 15) is 0 Å². The number of halogens is 1. The zero-order valence-corrected chi connectivity index (χ0v) is 7.84. The first-order valence-corrected chi connectivity index (χ1v) is 3.71. The summed E-state index contributed by atoms with van der Waals surface area (Å²) in [6.07, 6.45) is -0.387. The highest BCUT2D eigenvalue weighted by molar-refractivity contribution is 5.85. The van der Waals surface area contributed by atoms with Gasteiger partial charge in [-0.15, -0.1) is 12.4 Å².